The number of nitrogens with one attached hydrogen (secondary N) is 2. The Balaban J connectivity index is 1.69. The van der Waals surface area contributed by atoms with Crippen LogP contribution < -0.4 is 16.4 Å². The summed E-state index contributed by atoms with van der Waals surface area (Å²) in [6, 6.07) is 11.0. The molecule has 1 heterocycles. The van der Waals surface area contributed by atoms with E-state index in [1.807, 2.05) is 26.1 Å². The fraction of sp³-hybridized carbons (Fsp3) is 0.368. The van der Waals surface area contributed by atoms with Gasteiger partial charge in [0.05, 0.1) is 36.0 Å². The minimum atomic E-state index is -4.54. The van der Waals surface area contributed by atoms with Gasteiger partial charge >= 0.3 is 6.18 Å². The van der Waals surface area contributed by atoms with Crippen LogP contribution in [0, 0.1) is 30.1 Å². The number of nitrogens with zero attached hydrogens (tertiary/aromatic N) is 4. The molecule has 1 aliphatic heterocycles. The second-order valence-corrected chi connectivity index (χ2v) is 11.7. The van der Waals surface area contributed by atoms with Crippen molar-refractivity contribution in [3.8, 4) is 17.9 Å². The van der Waals surface area contributed by atoms with Gasteiger partial charge in [0.15, 0.2) is 0 Å². The topological polar surface area (TPSA) is 119 Å². The van der Waals surface area contributed by atoms with Crippen molar-refractivity contribution in [2.45, 2.75) is 65.5 Å². The zero-order valence-corrected chi connectivity index (χ0v) is 28.5. The molecule has 1 amide bonds. The summed E-state index contributed by atoms with van der Waals surface area (Å²) in [6.45, 7) is 7.92. The molecule has 0 atom stereocenters. The van der Waals surface area contributed by atoms with E-state index in [9.17, 15) is 18.0 Å². The number of nitriles is 1. The monoisotopic (exact) mass is 671 g/mol. The van der Waals surface area contributed by atoms with Gasteiger partial charge in [-0.05, 0) is 108 Å². The Morgan fingerprint density at radius 2 is 1.92 bits per heavy atom. The normalized spacial score (nSPS) is 13.5. The summed E-state index contributed by atoms with van der Waals surface area (Å²) in [6.07, 6.45) is 5.89. The number of anilines is 1. The lowest BCUT2D eigenvalue weighted by Gasteiger charge is -2.17. The Morgan fingerprint density at radius 3 is 2.63 bits per heavy atom. The van der Waals surface area contributed by atoms with E-state index in [1.54, 1.807) is 31.3 Å². The molecule has 0 radical (unpaired) electrons. The van der Waals surface area contributed by atoms with Gasteiger partial charge in [-0.1, -0.05) is 37.0 Å². The number of benzene rings is 2. The van der Waals surface area contributed by atoms with Gasteiger partial charge in [-0.2, -0.15) is 18.4 Å². The SMILES string of the molecule is CCCN(C)CCCCc1ccc(NC(=O)c2ccc(C)c(C#CC3=CCC=C(NC(=CN)C(C)=NCCC#N)N=C3)c2)cc1C(F)(F)F. The standard InChI is InChI=1S/C38H44F3N7O/c1-5-21-48(4)22-7-6-11-30-17-18-33(24-34(30)38(39,40)41)46-37(49)32-15-13-27(2)31(23-32)16-14-29-10-8-12-36(45-26-29)47-35(25-43)28(3)44-20-9-19-42/h10,12-13,15,17-18,23-26,47H,5-9,11,20-22,43H2,1-4H3,(H,46,49). The number of carbonyl (C=O) groups is 1. The van der Waals surface area contributed by atoms with Gasteiger partial charge in [0.2, 0.25) is 0 Å². The molecule has 0 saturated heterocycles. The van der Waals surface area contributed by atoms with Crippen molar-refractivity contribution >= 4 is 23.5 Å². The first kappa shape index (κ1) is 38.3. The number of allylic oxidation sites excluding steroid dienone is 4. The average Bonchev–Trinajstić information content (AvgIpc) is 3.30. The second-order valence-electron chi connectivity index (χ2n) is 11.7. The van der Waals surface area contributed by atoms with Crippen LogP contribution in [0.25, 0.3) is 0 Å². The lowest BCUT2D eigenvalue weighted by atomic mass is 10.00. The largest absolute Gasteiger partial charge is 0.416 e. The Labute approximate surface area is 287 Å². The number of hydrogen-bond donors (Lipinski definition) is 3. The Bertz CT molecular complexity index is 1730. The summed E-state index contributed by atoms with van der Waals surface area (Å²) in [5.74, 6) is 6.21. The van der Waals surface area contributed by atoms with E-state index in [2.05, 4.69) is 50.4 Å². The summed E-state index contributed by atoms with van der Waals surface area (Å²) in [5, 5.41) is 14.5. The van der Waals surface area contributed by atoms with E-state index < -0.39 is 17.6 Å². The van der Waals surface area contributed by atoms with E-state index in [0.717, 1.165) is 37.6 Å². The van der Waals surface area contributed by atoms with Gasteiger partial charge in [0.1, 0.15) is 5.82 Å². The third-order valence-electron chi connectivity index (χ3n) is 7.74. The van der Waals surface area contributed by atoms with Crippen LogP contribution in [-0.4, -0.2) is 49.4 Å². The van der Waals surface area contributed by atoms with Crippen LogP contribution in [0.15, 0.2) is 81.8 Å². The van der Waals surface area contributed by atoms with E-state index >= 15 is 0 Å². The molecule has 0 spiro atoms. The Kier molecular flexibility index (Phi) is 14.9. The third-order valence-corrected chi connectivity index (χ3v) is 7.74. The quantitative estimate of drug-likeness (QED) is 0.111. The molecule has 49 heavy (non-hydrogen) atoms. The van der Waals surface area contributed by atoms with Gasteiger partial charge in [-0.15, -0.1) is 0 Å². The number of nitrogens with two attached hydrogens (primary N) is 1. The van der Waals surface area contributed by atoms with Crippen molar-refractivity contribution in [1.29, 1.82) is 5.26 Å². The molecule has 0 aliphatic carbocycles. The smallest absolute Gasteiger partial charge is 0.403 e. The Hall–Kier alpha value is -5.13. The molecule has 0 saturated carbocycles. The van der Waals surface area contributed by atoms with Crippen molar-refractivity contribution in [3.05, 3.63) is 99.7 Å². The average molecular weight is 672 g/mol. The lowest BCUT2D eigenvalue weighted by Crippen LogP contribution is -2.20. The molecular weight excluding hydrogens is 627 g/mol. The summed E-state index contributed by atoms with van der Waals surface area (Å²) in [7, 11) is 2.01. The molecule has 1 aliphatic rings. The first-order chi connectivity index (χ1) is 23.4. The maximum atomic E-state index is 14.0. The molecule has 4 N–H and O–H groups in total. The van der Waals surface area contributed by atoms with E-state index in [-0.39, 0.29) is 16.8 Å². The van der Waals surface area contributed by atoms with Crippen molar-refractivity contribution in [2.24, 2.45) is 15.7 Å². The molecule has 258 valence electrons. The predicted molar refractivity (Wildman–Crippen MR) is 191 cm³/mol. The van der Waals surface area contributed by atoms with Crippen molar-refractivity contribution in [3.63, 3.8) is 0 Å². The molecule has 2 aromatic rings. The zero-order chi connectivity index (χ0) is 35.8. The van der Waals surface area contributed by atoms with Crippen molar-refractivity contribution < 1.29 is 18.0 Å². The molecule has 0 unspecified atom stereocenters. The van der Waals surface area contributed by atoms with Crippen LogP contribution in [0.2, 0.25) is 0 Å². The van der Waals surface area contributed by atoms with Gasteiger partial charge in [0, 0.05) is 34.8 Å². The number of rotatable bonds is 14. The van der Waals surface area contributed by atoms with Crippen LogP contribution >= 0.6 is 0 Å². The number of aliphatic imine (C=N–C) groups is 2. The summed E-state index contributed by atoms with van der Waals surface area (Å²) < 4.78 is 42.0. The van der Waals surface area contributed by atoms with Crippen LogP contribution in [-0.2, 0) is 12.6 Å². The predicted octanol–water partition coefficient (Wildman–Crippen LogP) is 7.29. The maximum Gasteiger partial charge on any atom is 0.416 e. The number of amides is 1. The van der Waals surface area contributed by atoms with Crippen LogP contribution in [0.3, 0.4) is 0 Å². The first-order valence-electron chi connectivity index (χ1n) is 16.3. The maximum absolute atomic E-state index is 14.0. The summed E-state index contributed by atoms with van der Waals surface area (Å²) >= 11 is 0. The molecular formula is C38H44F3N7O. The van der Waals surface area contributed by atoms with Crippen LogP contribution in [0.4, 0.5) is 18.9 Å². The number of unbranched alkanes of at least 4 members (excludes halogenated alkanes) is 1. The third kappa shape index (κ3) is 12.4. The van der Waals surface area contributed by atoms with Gasteiger partial charge in [-0.3, -0.25) is 9.79 Å². The second kappa shape index (κ2) is 19.0. The highest BCUT2D eigenvalue weighted by atomic mass is 19.4. The fourth-order valence-corrected chi connectivity index (χ4v) is 5.03. The number of hydrogen-bond acceptors (Lipinski definition) is 7. The molecule has 11 heteroatoms. The Morgan fingerprint density at radius 1 is 1.12 bits per heavy atom. The number of carbonyl (C=O) groups excluding carboxylic acids is 1. The van der Waals surface area contributed by atoms with E-state index in [1.165, 1.54) is 18.3 Å². The first-order valence-corrected chi connectivity index (χ1v) is 16.3. The zero-order valence-electron chi connectivity index (χ0n) is 28.5. The molecule has 2 aromatic carbocycles. The molecule has 0 fully saturated rings. The summed E-state index contributed by atoms with van der Waals surface area (Å²) in [5.41, 5.74) is 8.93. The van der Waals surface area contributed by atoms with Crippen LogP contribution in [0.5, 0.6) is 0 Å². The van der Waals surface area contributed by atoms with Gasteiger partial charge in [0.25, 0.3) is 5.91 Å². The van der Waals surface area contributed by atoms with E-state index in [0.29, 0.717) is 60.6 Å². The molecule has 0 bridgehead atoms. The van der Waals surface area contributed by atoms with Gasteiger partial charge < -0.3 is 21.3 Å². The fourth-order valence-electron chi connectivity index (χ4n) is 5.03. The number of aryl methyl sites for hydroxylation is 2. The highest BCUT2D eigenvalue weighted by molar-refractivity contribution is 6.04. The van der Waals surface area contributed by atoms with Gasteiger partial charge in [-0.25, -0.2) is 4.99 Å². The number of halogens is 3. The minimum absolute atomic E-state index is 0.0740. The summed E-state index contributed by atoms with van der Waals surface area (Å²) in [4.78, 5) is 24.1. The van der Waals surface area contributed by atoms with Crippen molar-refractivity contribution in [2.75, 3.05) is 32.0 Å². The minimum Gasteiger partial charge on any atom is -0.403 e. The highest BCUT2D eigenvalue weighted by Crippen LogP contribution is 2.34. The molecule has 0 aromatic heterocycles. The lowest BCUT2D eigenvalue weighted by molar-refractivity contribution is -0.138. The molecule has 3 rings (SSSR count). The molecule has 8 nitrogen and oxygen atoms in total. The van der Waals surface area contributed by atoms with E-state index in [4.69, 9.17) is 11.0 Å². The van der Waals surface area contributed by atoms with Crippen LogP contribution in [0.1, 0.15) is 78.6 Å². The van der Waals surface area contributed by atoms with Crippen molar-refractivity contribution in [1.82, 2.24) is 10.2 Å². The highest BCUT2D eigenvalue weighted by Gasteiger charge is 2.33. The number of alkyl halides is 3.